The molecule has 4 rings (SSSR count). The molecule has 3 heterocycles. The number of halogens is 1. The summed E-state index contributed by atoms with van der Waals surface area (Å²) in [7, 11) is 1.83. The number of nitrogens with one attached hydrogen (secondary N) is 1. The van der Waals surface area contributed by atoms with Crippen LogP contribution in [0.4, 0.5) is 5.82 Å². The van der Waals surface area contributed by atoms with Crippen LogP contribution >= 0.6 is 24.0 Å². The van der Waals surface area contributed by atoms with E-state index in [9.17, 15) is 0 Å². The van der Waals surface area contributed by atoms with Crippen molar-refractivity contribution < 1.29 is 4.74 Å². The molecule has 1 aliphatic heterocycles. The molecule has 0 unspecified atom stereocenters. The van der Waals surface area contributed by atoms with Crippen LogP contribution < -0.4 is 15.0 Å². The number of anilines is 1. The van der Waals surface area contributed by atoms with Gasteiger partial charge in [0.2, 0.25) is 0 Å². The minimum Gasteiger partial charge on any atom is -0.487 e. The molecular weight excluding hydrogens is 515 g/mol. The fraction of sp³-hybridized carbons (Fsp3) is 0.292. The van der Waals surface area contributed by atoms with Crippen molar-refractivity contribution in [3.8, 4) is 5.75 Å². The SMILES string of the molecule is CN=C(NCc1cccc(OCc2ccccn2)c1)N1CCN(c2ccccn2)CC1.I. The monoisotopic (exact) mass is 544 g/mol. The van der Waals surface area contributed by atoms with E-state index >= 15 is 0 Å². The maximum Gasteiger partial charge on any atom is 0.194 e. The summed E-state index contributed by atoms with van der Waals surface area (Å²) in [6.45, 7) is 4.81. The normalized spacial score (nSPS) is 14.0. The molecule has 8 heteroatoms. The van der Waals surface area contributed by atoms with Crippen LogP contribution in [0.2, 0.25) is 0 Å². The quantitative estimate of drug-likeness (QED) is 0.291. The molecule has 0 bridgehead atoms. The van der Waals surface area contributed by atoms with Crippen LogP contribution in [-0.4, -0.2) is 54.1 Å². The number of ether oxygens (including phenoxy) is 1. The Balaban J connectivity index is 0.00000289. The molecule has 1 fully saturated rings. The molecule has 0 radical (unpaired) electrons. The first-order valence-corrected chi connectivity index (χ1v) is 10.5. The van der Waals surface area contributed by atoms with E-state index in [-0.39, 0.29) is 24.0 Å². The summed E-state index contributed by atoms with van der Waals surface area (Å²) in [4.78, 5) is 17.8. The predicted molar refractivity (Wildman–Crippen MR) is 139 cm³/mol. The number of hydrogen-bond acceptors (Lipinski definition) is 5. The first kappa shape index (κ1) is 23.8. The number of hydrogen-bond donors (Lipinski definition) is 1. The second-order valence-corrected chi connectivity index (χ2v) is 7.32. The number of pyridine rings is 2. The van der Waals surface area contributed by atoms with Crippen molar-refractivity contribution >= 4 is 35.8 Å². The number of rotatable bonds is 6. The van der Waals surface area contributed by atoms with E-state index in [0.29, 0.717) is 13.2 Å². The van der Waals surface area contributed by atoms with Crippen molar-refractivity contribution in [2.45, 2.75) is 13.2 Å². The van der Waals surface area contributed by atoms with Crippen LogP contribution in [0.5, 0.6) is 5.75 Å². The van der Waals surface area contributed by atoms with Gasteiger partial charge in [0.25, 0.3) is 0 Å². The zero-order valence-electron chi connectivity index (χ0n) is 18.2. The molecule has 0 aliphatic carbocycles. The summed E-state index contributed by atoms with van der Waals surface area (Å²) in [5.41, 5.74) is 2.06. The molecule has 7 nitrogen and oxygen atoms in total. The lowest BCUT2D eigenvalue weighted by Crippen LogP contribution is -2.52. The van der Waals surface area contributed by atoms with Gasteiger partial charge in [-0.2, -0.15) is 0 Å². The van der Waals surface area contributed by atoms with Crippen LogP contribution in [0.3, 0.4) is 0 Å². The van der Waals surface area contributed by atoms with Gasteiger partial charge in [-0.1, -0.05) is 24.3 Å². The fourth-order valence-electron chi connectivity index (χ4n) is 3.59. The fourth-order valence-corrected chi connectivity index (χ4v) is 3.59. The van der Waals surface area contributed by atoms with Gasteiger partial charge in [0.05, 0.1) is 5.69 Å². The predicted octanol–water partition coefficient (Wildman–Crippen LogP) is 3.57. The van der Waals surface area contributed by atoms with Gasteiger partial charge in [-0.15, -0.1) is 24.0 Å². The van der Waals surface area contributed by atoms with Gasteiger partial charge in [-0.05, 0) is 42.0 Å². The molecule has 0 atom stereocenters. The van der Waals surface area contributed by atoms with Gasteiger partial charge in [-0.3, -0.25) is 9.98 Å². The Hall–Kier alpha value is -2.88. The molecule has 1 saturated heterocycles. The average Bonchev–Trinajstić information content (AvgIpc) is 2.85. The number of guanidine groups is 1. The molecule has 0 spiro atoms. The Morgan fingerprint density at radius 3 is 2.44 bits per heavy atom. The summed E-state index contributed by atoms with van der Waals surface area (Å²) in [6, 6.07) is 20.0. The number of aromatic nitrogens is 2. The van der Waals surface area contributed by atoms with Crippen molar-refractivity contribution in [3.63, 3.8) is 0 Å². The van der Waals surface area contributed by atoms with E-state index in [2.05, 4.69) is 48.3 Å². The van der Waals surface area contributed by atoms with Crippen LogP contribution in [0, 0.1) is 0 Å². The standard InChI is InChI=1S/C24H28N6O.HI/c1-25-24(30-15-13-29(14-16-30)23-10-3-5-12-27-23)28-18-20-7-6-9-22(17-20)31-19-21-8-2-4-11-26-21;/h2-12,17H,13-16,18-19H2,1H3,(H,25,28);1H. The van der Waals surface area contributed by atoms with Gasteiger partial charge >= 0.3 is 0 Å². The largest absolute Gasteiger partial charge is 0.487 e. The van der Waals surface area contributed by atoms with E-state index in [0.717, 1.165) is 55.0 Å². The Bertz CT molecular complexity index is 978. The van der Waals surface area contributed by atoms with Crippen LogP contribution in [-0.2, 0) is 13.2 Å². The lowest BCUT2D eigenvalue weighted by molar-refractivity contribution is 0.301. The van der Waals surface area contributed by atoms with Crippen LogP contribution in [0.15, 0.2) is 78.0 Å². The van der Waals surface area contributed by atoms with Gasteiger partial charge in [-0.25, -0.2) is 4.98 Å². The molecule has 0 saturated carbocycles. The third-order valence-electron chi connectivity index (χ3n) is 5.23. The van der Waals surface area contributed by atoms with E-state index < -0.39 is 0 Å². The van der Waals surface area contributed by atoms with Crippen LogP contribution in [0.1, 0.15) is 11.3 Å². The summed E-state index contributed by atoms with van der Waals surface area (Å²) < 4.78 is 5.89. The topological polar surface area (TPSA) is 65.9 Å². The minimum atomic E-state index is 0. The molecule has 3 aromatic rings. The smallest absolute Gasteiger partial charge is 0.194 e. The van der Waals surface area contributed by atoms with Crippen molar-refractivity contribution in [1.29, 1.82) is 0 Å². The van der Waals surface area contributed by atoms with Gasteiger partial charge in [0.15, 0.2) is 5.96 Å². The lowest BCUT2D eigenvalue weighted by atomic mass is 10.2. The van der Waals surface area contributed by atoms with E-state index in [1.807, 2.05) is 55.7 Å². The number of nitrogens with zero attached hydrogens (tertiary/aromatic N) is 5. The average molecular weight is 544 g/mol. The molecule has 1 aromatic carbocycles. The van der Waals surface area contributed by atoms with Crippen molar-refractivity contribution in [2.24, 2.45) is 4.99 Å². The first-order valence-electron chi connectivity index (χ1n) is 10.5. The summed E-state index contributed by atoms with van der Waals surface area (Å²) >= 11 is 0. The second-order valence-electron chi connectivity index (χ2n) is 7.32. The van der Waals surface area contributed by atoms with Crippen molar-refractivity contribution in [1.82, 2.24) is 20.2 Å². The van der Waals surface area contributed by atoms with E-state index in [1.54, 1.807) is 6.20 Å². The molecule has 2 aromatic heterocycles. The highest BCUT2D eigenvalue weighted by Crippen LogP contribution is 2.16. The molecule has 1 aliphatic rings. The van der Waals surface area contributed by atoms with Crippen LogP contribution in [0.25, 0.3) is 0 Å². The van der Waals surface area contributed by atoms with Gasteiger partial charge in [0, 0.05) is 52.2 Å². The minimum absolute atomic E-state index is 0. The maximum absolute atomic E-state index is 5.89. The van der Waals surface area contributed by atoms with E-state index in [4.69, 9.17) is 4.74 Å². The lowest BCUT2D eigenvalue weighted by Gasteiger charge is -2.37. The second kappa shape index (κ2) is 12.2. The summed E-state index contributed by atoms with van der Waals surface area (Å²) in [6.07, 6.45) is 3.62. The highest BCUT2D eigenvalue weighted by atomic mass is 127. The maximum atomic E-state index is 5.89. The highest BCUT2D eigenvalue weighted by Gasteiger charge is 2.20. The zero-order valence-corrected chi connectivity index (χ0v) is 20.6. The number of aliphatic imine (C=N–C) groups is 1. The van der Waals surface area contributed by atoms with Crippen molar-refractivity contribution in [3.05, 3.63) is 84.3 Å². The molecular formula is C24H29IN6O. The first-order chi connectivity index (χ1) is 15.3. The highest BCUT2D eigenvalue weighted by molar-refractivity contribution is 14.0. The Morgan fingerprint density at radius 2 is 1.75 bits per heavy atom. The van der Waals surface area contributed by atoms with Crippen molar-refractivity contribution in [2.75, 3.05) is 38.1 Å². The van der Waals surface area contributed by atoms with E-state index in [1.165, 1.54) is 0 Å². The molecule has 168 valence electrons. The number of piperazine rings is 1. The van der Waals surface area contributed by atoms with Gasteiger partial charge in [0.1, 0.15) is 18.2 Å². The number of benzene rings is 1. The Morgan fingerprint density at radius 1 is 0.969 bits per heavy atom. The third kappa shape index (κ3) is 6.56. The molecule has 32 heavy (non-hydrogen) atoms. The third-order valence-corrected chi connectivity index (χ3v) is 5.23. The summed E-state index contributed by atoms with van der Waals surface area (Å²) in [5.74, 6) is 2.79. The Kier molecular flexibility index (Phi) is 9.09. The molecule has 0 amide bonds. The van der Waals surface area contributed by atoms with Gasteiger partial charge < -0.3 is 19.9 Å². The summed E-state index contributed by atoms with van der Waals surface area (Å²) in [5, 5.41) is 3.48. The molecule has 1 N–H and O–H groups in total. The zero-order chi connectivity index (χ0) is 21.3. The Labute approximate surface area is 206 Å².